The monoisotopic (exact) mass is 390 g/mol. The van der Waals surface area contributed by atoms with Gasteiger partial charge in [0.2, 0.25) is 0 Å². The van der Waals surface area contributed by atoms with Crippen LogP contribution in [0.1, 0.15) is 23.4 Å². The number of rotatable bonds is 3. The van der Waals surface area contributed by atoms with Crippen LogP contribution in [-0.2, 0) is 12.7 Å². The maximum Gasteiger partial charge on any atom is 0.453 e. The Hall–Kier alpha value is -2.68. The summed E-state index contributed by atoms with van der Waals surface area (Å²) < 4.78 is 40.1. The molecule has 0 saturated carbocycles. The summed E-state index contributed by atoms with van der Waals surface area (Å²) in [5.74, 6) is -0.588. The molecule has 0 spiro atoms. The molecule has 6 nitrogen and oxygen atoms in total. The number of hydrogen-bond acceptors (Lipinski definition) is 5. The molecule has 3 aromatic rings. The number of nitrogens with zero attached hydrogens (tertiary/aromatic N) is 6. The highest BCUT2D eigenvalue weighted by Gasteiger charge is 2.37. The third-order valence-electron chi connectivity index (χ3n) is 4.90. The highest BCUT2D eigenvalue weighted by Crippen LogP contribution is 2.28. The van der Waals surface area contributed by atoms with Gasteiger partial charge in [-0.1, -0.05) is 29.8 Å². The lowest BCUT2D eigenvalue weighted by Gasteiger charge is -2.23. The average Bonchev–Trinajstić information content (AvgIpc) is 2.94. The van der Waals surface area contributed by atoms with Crippen LogP contribution in [0, 0.1) is 6.92 Å². The number of hydrogen-bond donors (Lipinski definition) is 0. The summed E-state index contributed by atoms with van der Waals surface area (Å²) in [6.07, 6.45) is -3.67. The fourth-order valence-corrected chi connectivity index (χ4v) is 3.55. The van der Waals surface area contributed by atoms with Gasteiger partial charge in [-0.25, -0.2) is 0 Å². The van der Waals surface area contributed by atoms with E-state index >= 15 is 0 Å². The molecule has 1 saturated heterocycles. The van der Waals surface area contributed by atoms with Gasteiger partial charge in [-0.2, -0.15) is 17.7 Å². The van der Waals surface area contributed by atoms with E-state index in [-0.39, 0.29) is 5.65 Å². The molecule has 148 valence electrons. The van der Waals surface area contributed by atoms with E-state index < -0.39 is 12.0 Å². The molecule has 2 aromatic heterocycles. The van der Waals surface area contributed by atoms with E-state index in [4.69, 9.17) is 0 Å². The highest BCUT2D eigenvalue weighted by atomic mass is 19.4. The van der Waals surface area contributed by atoms with Crippen LogP contribution in [0.4, 0.5) is 19.0 Å². The Balaban J connectivity index is 1.49. The Morgan fingerprint density at radius 3 is 2.64 bits per heavy atom. The van der Waals surface area contributed by atoms with Gasteiger partial charge in [0.1, 0.15) is 5.82 Å². The van der Waals surface area contributed by atoms with Crippen molar-refractivity contribution in [3.8, 4) is 0 Å². The molecule has 1 aliphatic rings. The Morgan fingerprint density at radius 2 is 1.86 bits per heavy atom. The van der Waals surface area contributed by atoms with Gasteiger partial charge in [-0.3, -0.25) is 4.90 Å². The number of benzene rings is 1. The molecule has 0 amide bonds. The van der Waals surface area contributed by atoms with Gasteiger partial charge in [0, 0.05) is 32.7 Å². The van der Waals surface area contributed by atoms with Crippen LogP contribution in [0.15, 0.2) is 36.4 Å². The van der Waals surface area contributed by atoms with Gasteiger partial charge in [-0.05, 0) is 31.0 Å². The molecular weight excluding hydrogens is 369 g/mol. The van der Waals surface area contributed by atoms with Crippen LogP contribution in [0.5, 0.6) is 0 Å². The molecule has 0 N–H and O–H groups in total. The topological polar surface area (TPSA) is 49.6 Å². The van der Waals surface area contributed by atoms with Gasteiger partial charge in [0.25, 0.3) is 5.82 Å². The Bertz CT molecular complexity index is 968. The van der Waals surface area contributed by atoms with Crippen LogP contribution in [0.3, 0.4) is 0 Å². The number of halogens is 3. The molecular formula is C19H21F3N6. The van der Waals surface area contributed by atoms with Crippen LogP contribution in [0.2, 0.25) is 0 Å². The lowest BCUT2D eigenvalue weighted by molar-refractivity contribution is -0.146. The number of anilines is 1. The minimum Gasteiger partial charge on any atom is -0.354 e. The third-order valence-corrected chi connectivity index (χ3v) is 4.90. The van der Waals surface area contributed by atoms with Crippen molar-refractivity contribution >= 4 is 11.5 Å². The average molecular weight is 390 g/mol. The minimum atomic E-state index is -4.59. The van der Waals surface area contributed by atoms with Crippen LogP contribution in [0.25, 0.3) is 5.65 Å². The van der Waals surface area contributed by atoms with Crippen molar-refractivity contribution in [3.05, 3.63) is 53.3 Å². The zero-order chi connectivity index (χ0) is 19.7. The number of aryl methyl sites for hydroxylation is 1. The predicted octanol–water partition coefficient (Wildman–Crippen LogP) is 3.16. The van der Waals surface area contributed by atoms with Crippen molar-refractivity contribution in [1.29, 1.82) is 0 Å². The smallest absolute Gasteiger partial charge is 0.354 e. The summed E-state index contributed by atoms with van der Waals surface area (Å²) in [7, 11) is 0. The molecule has 0 bridgehead atoms. The van der Waals surface area contributed by atoms with E-state index in [0.29, 0.717) is 12.4 Å². The third kappa shape index (κ3) is 3.94. The number of aromatic nitrogens is 4. The van der Waals surface area contributed by atoms with E-state index in [1.54, 1.807) is 6.07 Å². The summed E-state index contributed by atoms with van der Waals surface area (Å²) in [6, 6.07) is 11.7. The van der Waals surface area contributed by atoms with Crippen molar-refractivity contribution < 1.29 is 13.2 Å². The summed E-state index contributed by atoms with van der Waals surface area (Å²) in [4.78, 5) is 4.39. The fourth-order valence-electron chi connectivity index (χ4n) is 3.55. The lowest BCUT2D eigenvalue weighted by atomic mass is 10.1. The maximum atomic E-state index is 13.1. The van der Waals surface area contributed by atoms with E-state index in [1.807, 2.05) is 4.90 Å². The second-order valence-corrected chi connectivity index (χ2v) is 7.09. The van der Waals surface area contributed by atoms with Crippen molar-refractivity contribution in [2.45, 2.75) is 26.1 Å². The molecule has 9 heteroatoms. The summed E-state index contributed by atoms with van der Waals surface area (Å²) in [5.41, 5.74) is 2.60. The summed E-state index contributed by atoms with van der Waals surface area (Å²) in [6.45, 7) is 6.15. The summed E-state index contributed by atoms with van der Waals surface area (Å²) in [5, 5.41) is 11.0. The first-order chi connectivity index (χ1) is 13.4. The maximum absolute atomic E-state index is 13.1. The van der Waals surface area contributed by atoms with E-state index in [0.717, 1.165) is 37.1 Å². The van der Waals surface area contributed by atoms with Crippen LogP contribution in [-0.4, -0.2) is 50.9 Å². The SMILES string of the molecule is Cc1cccc(CN2CCCN(c3ccc4nnc(C(F)(F)F)n4n3)CC2)c1. The van der Waals surface area contributed by atoms with Crippen LogP contribution < -0.4 is 4.90 Å². The summed E-state index contributed by atoms with van der Waals surface area (Å²) >= 11 is 0. The fraction of sp³-hybridized carbons (Fsp3) is 0.421. The Morgan fingerprint density at radius 1 is 1.00 bits per heavy atom. The second kappa shape index (κ2) is 7.38. The first-order valence-electron chi connectivity index (χ1n) is 9.23. The Labute approximate surface area is 160 Å². The van der Waals surface area contributed by atoms with E-state index in [1.165, 1.54) is 17.2 Å². The number of alkyl halides is 3. The number of fused-ring (bicyclic) bond motifs is 1. The highest BCUT2D eigenvalue weighted by molar-refractivity contribution is 5.46. The lowest BCUT2D eigenvalue weighted by Crippen LogP contribution is -2.31. The van der Waals surface area contributed by atoms with Gasteiger partial charge in [0.15, 0.2) is 5.65 Å². The minimum absolute atomic E-state index is 0.0898. The Kier molecular flexibility index (Phi) is 4.92. The van der Waals surface area contributed by atoms with E-state index in [2.05, 4.69) is 51.4 Å². The van der Waals surface area contributed by atoms with Gasteiger partial charge >= 0.3 is 6.18 Å². The molecule has 1 aromatic carbocycles. The molecule has 0 atom stereocenters. The van der Waals surface area contributed by atoms with Gasteiger partial charge in [0.05, 0.1) is 0 Å². The molecule has 0 aliphatic carbocycles. The van der Waals surface area contributed by atoms with Gasteiger partial charge < -0.3 is 4.90 Å². The van der Waals surface area contributed by atoms with Crippen molar-refractivity contribution in [1.82, 2.24) is 24.7 Å². The normalized spacial score (nSPS) is 16.5. The standard InChI is InChI=1S/C19H21F3N6/c1-14-4-2-5-15(12-14)13-26-8-3-9-27(11-10-26)17-7-6-16-23-24-18(19(20,21)22)28(16)25-17/h2,4-7,12H,3,8-11,13H2,1H3. The van der Waals surface area contributed by atoms with Crippen molar-refractivity contribution in [3.63, 3.8) is 0 Å². The zero-order valence-corrected chi connectivity index (χ0v) is 15.5. The van der Waals surface area contributed by atoms with Crippen molar-refractivity contribution in [2.24, 2.45) is 0 Å². The molecule has 1 fully saturated rings. The van der Waals surface area contributed by atoms with Crippen molar-refractivity contribution in [2.75, 3.05) is 31.1 Å². The first kappa shape index (κ1) is 18.7. The second-order valence-electron chi connectivity index (χ2n) is 7.09. The van der Waals surface area contributed by atoms with E-state index in [9.17, 15) is 13.2 Å². The predicted molar refractivity (Wildman–Crippen MR) is 99.1 cm³/mol. The molecule has 0 unspecified atom stereocenters. The molecule has 28 heavy (non-hydrogen) atoms. The molecule has 3 heterocycles. The zero-order valence-electron chi connectivity index (χ0n) is 15.5. The largest absolute Gasteiger partial charge is 0.453 e. The molecule has 1 aliphatic heterocycles. The van der Waals surface area contributed by atoms with Crippen LogP contribution >= 0.6 is 0 Å². The first-order valence-corrected chi connectivity index (χ1v) is 9.23. The van der Waals surface area contributed by atoms with Gasteiger partial charge in [-0.15, -0.1) is 15.3 Å². The quantitative estimate of drug-likeness (QED) is 0.688. The molecule has 4 rings (SSSR count). The molecule has 0 radical (unpaired) electrons.